The fraction of sp³-hybridized carbons (Fsp3) is 0.375. The molecule has 57 heavy (non-hydrogen) atoms. The van der Waals surface area contributed by atoms with Crippen LogP contribution >= 0.6 is 0 Å². The molecule has 17 heteroatoms. The number of nitrogens with zero attached hydrogens (tertiary/aromatic N) is 3. The Morgan fingerprint density at radius 3 is 2.02 bits per heavy atom. The van der Waals surface area contributed by atoms with Crippen LogP contribution in [-0.4, -0.2) is 81.7 Å². The smallest absolute Gasteiger partial charge is 0.420 e. The molecule has 0 atom stereocenters. The number of furan rings is 1. The van der Waals surface area contributed by atoms with Crippen LogP contribution in [0, 0.1) is 18.6 Å². The number of ketones is 1. The third kappa shape index (κ3) is 9.78. The zero-order chi connectivity index (χ0) is 42.6. The SMILES string of the molecule is C=CC(=O)Nc1cc(OCCOC)cc(C)c1N(C(=O)OC(C)(C)C)c1cc2c(N(C)C(=O)OC(C)(C)C)c(C(=O)c3c(F)c(OC)cc(OC)c3F)oc2cn1. The number of aryl methyl sites for hydroxylation is 1. The first-order chi connectivity index (χ1) is 26.7. The monoisotopic (exact) mass is 796 g/mol. The highest BCUT2D eigenvalue weighted by Gasteiger charge is 2.36. The third-order valence-corrected chi connectivity index (χ3v) is 7.85. The number of anilines is 4. The maximum Gasteiger partial charge on any atom is 0.420 e. The Morgan fingerprint density at radius 1 is 0.877 bits per heavy atom. The number of carbonyl (C=O) groups excluding carboxylic acids is 4. The molecular weight excluding hydrogens is 750 g/mol. The predicted octanol–water partition coefficient (Wildman–Crippen LogP) is 8.26. The molecule has 4 aromatic rings. The van der Waals surface area contributed by atoms with E-state index in [-0.39, 0.29) is 47.1 Å². The van der Waals surface area contributed by atoms with Crippen LogP contribution in [0.4, 0.5) is 41.2 Å². The van der Waals surface area contributed by atoms with Crippen molar-refractivity contribution < 1.29 is 60.8 Å². The molecule has 0 spiro atoms. The van der Waals surface area contributed by atoms with Gasteiger partial charge in [-0.3, -0.25) is 14.5 Å². The summed E-state index contributed by atoms with van der Waals surface area (Å²) in [7, 11) is 5.01. The lowest BCUT2D eigenvalue weighted by Gasteiger charge is -2.29. The van der Waals surface area contributed by atoms with Gasteiger partial charge >= 0.3 is 12.2 Å². The number of carbonyl (C=O) groups is 4. The van der Waals surface area contributed by atoms with Crippen LogP contribution in [0.1, 0.15) is 63.2 Å². The van der Waals surface area contributed by atoms with E-state index in [1.54, 1.807) is 54.5 Å². The first-order valence-corrected chi connectivity index (χ1v) is 17.4. The first-order valence-electron chi connectivity index (χ1n) is 17.4. The van der Waals surface area contributed by atoms with Gasteiger partial charge in [0.1, 0.15) is 40.6 Å². The zero-order valence-corrected chi connectivity index (χ0v) is 33.7. The molecule has 0 aliphatic heterocycles. The highest BCUT2D eigenvalue weighted by atomic mass is 19.1. The standard InChI is InChI=1S/C40H46F2N4O11/c1-13-29(47)44-24-17-22(54-15-14-51-10)16-21(2)33(24)46(38(50)57-40(6,7)8)28-18-23-27(20-43-28)55-36(34(23)45(9)37(49)56-39(3,4)5)35(48)30-31(41)25(52-11)19-26(53-12)32(30)42/h13,16-20H,1,14-15H2,2-12H3,(H,44,47). The molecule has 4 rings (SSSR count). The van der Waals surface area contributed by atoms with Gasteiger partial charge < -0.3 is 38.2 Å². The lowest BCUT2D eigenvalue weighted by Crippen LogP contribution is -2.35. The highest BCUT2D eigenvalue weighted by molar-refractivity contribution is 6.18. The Hall–Kier alpha value is -6.23. The molecule has 15 nitrogen and oxygen atoms in total. The average Bonchev–Trinajstić information content (AvgIpc) is 3.50. The van der Waals surface area contributed by atoms with E-state index in [2.05, 4.69) is 16.9 Å². The third-order valence-electron chi connectivity index (χ3n) is 7.85. The average molecular weight is 797 g/mol. The Kier molecular flexibility index (Phi) is 13.2. The van der Waals surface area contributed by atoms with Gasteiger partial charge in [-0.2, -0.15) is 0 Å². The van der Waals surface area contributed by atoms with Crippen LogP contribution in [0.3, 0.4) is 0 Å². The van der Waals surface area contributed by atoms with E-state index in [4.69, 9.17) is 32.8 Å². The number of halogens is 2. The highest BCUT2D eigenvalue weighted by Crippen LogP contribution is 2.43. The largest absolute Gasteiger partial charge is 0.494 e. The van der Waals surface area contributed by atoms with Gasteiger partial charge in [0.2, 0.25) is 11.7 Å². The second kappa shape index (κ2) is 17.3. The van der Waals surface area contributed by atoms with Gasteiger partial charge in [0.05, 0.1) is 43.8 Å². The number of fused-ring (bicyclic) bond motifs is 1. The molecule has 0 aliphatic carbocycles. The summed E-state index contributed by atoms with van der Waals surface area (Å²) < 4.78 is 69.7. The molecule has 0 unspecified atom stereocenters. The van der Waals surface area contributed by atoms with Crippen molar-refractivity contribution in [2.24, 2.45) is 0 Å². The summed E-state index contributed by atoms with van der Waals surface area (Å²) >= 11 is 0. The fourth-order valence-electron chi connectivity index (χ4n) is 5.46. The van der Waals surface area contributed by atoms with Crippen molar-refractivity contribution in [3.63, 3.8) is 0 Å². The number of hydrogen-bond acceptors (Lipinski definition) is 12. The van der Waals surface area contributed by atoms with E-state index >= 15 is 8.78 Å². The fourth-order valence-corrected chi connectivity index (χ4v) is 5.46. The van der Waals surface area contributed by atoms with E-state index in [9.17, 15) is 19.2 Å². The molecule has 0 radical (unpaired) electrons. The van der Waals surface area contributed by atoms with Gasteiger partial charge in [-0.25, -0.2) is 28.3 Å². The number of methoxy groups -OCH3 is 3. The van der Waals surface area contributed by atoms with Crippen LogP contribution in [0.15, 0.2) is 47.5 Å². The van der Waals surface area contributed by atoms with Crippen molar-refractivity contribution in [3.8, 4) is 17.2 Å². The van der Waals surface area contributed by atoms with Crippen molar-refractivity contribution in [3.05, 3.63) is 71.6 Å². The Labute approximate surface area is 328 Å². The summed E-state index contributed by atoms with van der Waals surface area (Å²) in [6.07, 6.45) is 0.254. The van der Waals surface area contributed by atoms with Crippen molar-refractivity contribution in [1.29, 1.82) is 0 Å². The maximum atomic E-state index is 15.7. The van der Waals surface area contributed by atoms with Gasteiger partial charge in [-0.05, 0) is 72.2 Å². The van der Waals surface area contributed by atoms with Crippen molar-refractivity contribution in [2.75, 3.05) is 56.7 Å². The minimum absolute atomic E-state index is 0.0187. The second-order valence-corrected chi connectivity index (χ2v) is 14.5. The lowest BCUT2D eigenvalue weighted by atomic mass is 10.0. The summed E-state index contributed by atoms with van der Waals surface area (Å²) in [5.74, 6) is -6.19. The first kappa shape index (κ1) is 43.5. The molecule has 2 aromatic heterocycles. The van der Waals surface area contributed by atoms with Crippen LogP contribution in [-0.2, 0) is 19.0 Å². The second-order valence-electron chi connectivity index (χ2n) is 14.5. The van der Waals surface area contributed by atoms with Gasteiger partial charge in [0.15, 0.2) is 34.5 Å². The Bertz CT molecular complexity index is 2180. The molecule has 2 aromatic carbocycles. The summed E-state index contributed by atoms with van der Waals surface area (Å²) in [4.78, 5) is 61.3. The normalized spacial score (nSPS) is 11.5. The molecule has 3 amide bonds. The van der Waals surface area contributed by atoms with Crippen molar-refractivity contribution in [2.45, 2.75) is 59.7 Å². The van der Waals surface area contributed by atoms with Crippen molar-refractivity contribution >= 4 is 57.7 Å². The molecular formula is C40H46F2N4O11. The number of benzene rings is 2. The minimum Gasteiger partial charge on any atom is -0.494 e. The molecule has 0 bridgehead atoms. The topological polar surface area (TPSA) is 168 Å². The van der Waals surface area contributed by atoms with Gasteiger partial charge in [0, 0.05) is 26.3 Å². The quantitative estimate of drug-likeness (QED) is 0.0783. The maximum absolute atomic E-state index is 15.7. The minimum atomic E-state index is -1.36. The molecule has 0 saturated carbocycles. The molecule has 2 heterocycles. The van der Waals surface area contributed by atoms with Crippen LogP contribution in [0.2, 0.25) is 0 Å². The molecule has 1 N–H and O–H groups in total. The van der Waals surface area contributed by atoms with Crippen LogP contribution in [0.5, 0.6) is 17.2 Å². The van der Waals surface area contributed by atoms with E-state index in [0.717, 1.165) is 42.4 Å². The predicted molar refractivity (Wildman–Crippen MR) is 207 cm³/mol. The number of amides is 3. The summed E-state index contributed by atoms with van der Waals surface area (Å²) in [5, 5.41) is 2.68. The number of aromatic nitrogens is 1. The number of ether oxygens (including phenoxy) is 6. The number of hydrogen-bond donors (Lipinski definition) is 1. The van der Waals surface area contributed by atoms with Gasteiger partial charge in [-0.1, -0.05) is 6.58 Å². The summed E-state index contributed by atoms with van der Waals surface area (Å²) in [5.41, 5.74) is -2.99. The Morgan fingerprint density at radius 2 is 1.47 bits per heavy atom. The van der Waals surface area contributed by atoms with E-state index in [1.807, 2.05) is 0 Å². The van der Waals surface area contributed by atoms with Crippen LogP contribution in [0.25, 0.3) is 11.0 Å². The van der Waals surface area contributed by atoms with E-state index in [0.29, 0.717) is 11.3 Å². The Balaban J connectivity index is 2.08. The molecule has 0 aliphatic rings. The van der Waals surface area contributed by atoms with Crippen LogP contribution < -0.4 is 29.3 Å². The zero-order valence-electron chi connectivity index (χ0n) is 33.7. The summed E-state index contributed by atoms with van der Waals surface area (Å²) in [6.45, 7) is 15.4. The molecule has 306 valence electrons. The molecule has 0 fully saturated rings. The van der Waals surface area contributed by atoms with E-state index in [1.165, 1.54) is 26.3 Å². The molecule has 0 saturated heterocycles. The van der Waals surface area contributed by atoms with Gasteiger partial charge in [-0.15, -0.1) is 0 Å². The van der Waals surface area contributed by atoms with Crippen molar-refractivity contribution in [1.82, 2.24) is 4.98 Å². The number of nitrogens with one attached hydrogen (secondary N) is 1. The van der Waals surface area contributed by atoms with E-state index < -0.39 is 69.5 Å². The summed E-state index contributed by atoms with van der Waals surface area (Å²) in [6, 6.07) is 5.33. The number of rotatable bonds is 13. The lowest BCUT2D eigenvalue weighted by molar-refractivity contribution is -0.111. The van der Waals surface area contributed by atoms with Gasteiger partial charge in [0.25, 0.3) is 0 Å². The number of pyridine rings is 1.